The quantitative estimate of drug-likeness (QED) is 0.447. The normalized spacial score (nSPS) is 13.6. The van der Waals surface area contributed by atoms with Gasteiger partial charge < -0.3 is 15.9 Å². The fraction of sp³-hybridized carbons (Fsp3) is 0.429. The molecule has 7 nitrogen and oxygen atoms in total. The van der Waals surface area contributed by atoms with Gasteiger partial charge in [0.1, 0.15) is 12.9 Å². The summed E-state index contributed by atoms with van der Waals surface area (Å²) in [6.45, 7) is 3.43. The van der Waals surface area contributed by atoms with Crippen molar-refractivity contribution < 1.29 is 14.4 Å². The second-order valence-corrected chi connectivity index (χ2v) is 5.08. The number of rotatable bonds is 7. The van der Waals surface area contributed by atoms with Crippen molar-refractivity contribution in [1.82, 2.24) is 10.3 Å². The summed E-state index contributed by atoms with van der Waals surface area (Å²) in [4.78, 5) is 32.7. The van der Waals surface area contributed by atoms with Crippen LogP contribution in [-0.4, -0.2) is 41.4 Å². The molecule has 0 aliphatic heterocycles. The van der Waals surface area contributed by atoms with E-state index in [1.807, 2.05) is 0 Å². The van der Waals surface area contributed by atoms with Crippen molar-refractivity contribution in [3.05, 3.63) is 23.4 Å². The summed E-state index contributed by atoms with van der Waals surface area (Å²) in [5.41, 5.74) is 5.36. The van der Waals surface area contributed by atoms with Crippen LogP contribution in [0.15, 0.2) is 17.4 Å². The molecule has 0 fully saturated rings. The molecule has 0 saturated carbocycles. The number of nitrogens with zero attached hydrogens (tertiary/aromatic N) is 2. The van der Waals surface area contributed by atoms with Crippen LogP contribution in [-0.2, 0) is 9.63 Å². The zero-order valence-corrected chi connectivity index (χ0v) is 13.5. The van der Waals surface area contributed by atoms with Crippen molar-refractivity contribution >= 4 is 35.3 Å². The third-order valence-corrected chi connectivity index (χ3v) is 3.58. The number of amides is 1. The average Bonchev–Trinajstić information content (AvgIpc) is 2.52. The van der Waals surface area contributed by atoms with Crippen LogP contribution in [0.25, 0.3) is 0 Å². The van der Waals surface area contributed by atoms with E-state index in [0.717, 1.165) is 0 Å². The molecule has 1 heterocycles. The Hall–Kier alpha value is -2.15. The maximum Gasteiger partial charge on any atom is 0.253 e. The summed E-state index contributed by atoms with van der Waals surface area (Å²) in [5.74, 6) is -0.652. The van der Waals surface area contributed by atoms with Gasteiger partial charge in [0.2, 0.25) is 0 Å². The molecule has 0 aliphatic carbocycles. The van der Waals surface area contributed by atoms with Gasteiger partial charge in [0.25, 0.3) is 5.91 Å². The highest BCUT2D eigenvalue weighted by Crippen LogP contribution is 2.15. The van der Waals surface area contributed by atoms with E-state index < -0.39 is 11.4 Å². The van der Waals surface area contributed by atoms with Crippen LogP contribution in [0.5, 0.6) is 0 Å². The number of nitrogen functional groups attached to an aromatic ring is 1. The third kappa shape index (κ3) is 4.17. The van der Waals surface area contributed by atoms with Crippen molar-refractivity contribution in [2.45, 2.75) is 25.8 Å². The summed E-state index contributed by atoms with van der Waals surface area (Å²) >= 11 is 5.59. The Balaban J connectivity index is 3.03. The van der Waals surface area contributed by atoms with Crippen LogP contribution < -0.4 is 11.1 Å². The van der Waals surface area contributed by atoms with Gasteiger partial charge in [-0.15, -0.1) is 11.6 Å². The van der Waals surface area contributed by atoms with Crippen LogP contribution in [0.4, 0.5) is 5.82 Å². The van der Waals surface area contributed by atoms with Gasteiger partial charge in [-0.25, -0.2) is 4.98 Å². The van der Waals surface area contributed by atoms with Gasteiger partial charge in [0.05, 0.1) is 23.2 Å². The van der Waals surface area contributed by atoms with Crippen molar-refractivity contribution in [1.29, 1.82) is 0 Å². The van der Waals surface area contributed by atoms with Gasteiger partial charge >= 0.3 is 0 Å². The average molecular weight is 327 g/mol. The molecule has 1 amide bonds. The Morgan fingerprint density at radius 1 is 1.59 bits per heavy atom. The molecule has 8 heteroatoms. The lowest BCUT2D eigenvalue weighted by Crippen LogP contribution is -2.52. The van der Waals surface area contributed by atoms with Crippen molar-refractivity contribution in [2.24, 2.45) is 5.16 Å². The first-order chi connectivity index (χ1) is 10.4. The summed E-state index contributed by atoms with van der Waals surface area (Å²) in [6.07, 6.45) is 3.10. The van der Waals surface area contributed by atoms with Gasteiger partial charge in [0.15, 0.2) is 5.78 Å². The van der Waals surface area contributed by atoms with E-state index in [1.54, 1.807) is 13.8 Å². The SMILES string of the molecule is CCC(C)(NC(=O)c1cnc(N)c(/C=N/OC)c1)C(=O)CCl. The summed E-state index contributed by atoms with van der Waals surface area (Å²) in [5, 5.41) is 6.27. The van der Waals surface area contributed by atoms with Gasteiger partial charge in [-0.1, -0.05) is 12.1 Å². The lowest BCUT2D eigenvalue weighted by Gasteiger charge is -2.27. The number of Topliss-reactive ketones (excluding diaryl/α,β-unsaturated/α-hetero) is 1. The molecule has 1 atom stereocenters. The number of pyridine rings is 1. The molecule has 1 aromatic rings. The van der Waals surface area contributed by atoms with Crippen LogP contribution >= 0.6 is 11.6 Å². The second-order valence-electron chi connectivity index (χ2n) is 4.81. The van der Waals surface area contributed by atoms with E-state index in [-0.39, 0.29) is 23.0 Å². The molecule has 1 aromatic heterocycles. The van der Waals surface area contributed by atoms with E-state index in [4.69, 9.17) is 17.3 Å². The molecular weight excluding hydrogens is 308 g/mol. The zero-order chi connectivity index (χ0) is 16.8. The van der Waals surface area contributed by atoms with E-state index in [2.05, 4.69) is 20.3 Å². The van der Waals surface area contributed by atoms with Crippen LogP contribution in [0, 0.1) is 0 Å². The molecule has 0 radical (unpaired) electrons. The first kappa shape index (κ1) is 17.9. The molecule has 0 aliphatic rings. The molecule has 0 bridgehead atoms. The minimum absolute atomic E-state index is 0.170. The number of aromatic nitrogens is 1. The maximum absolute atomic E-state index is 12.3. The first-order valence-electron chi connectivity index (χ1n) is 6.61. The maximum atomic E-state index is 12.3. The fourth-order valence-electron chi connectivity index (χ4n) is 1.65. The number of halogens is 1. The molecule has 3 N–H and O–H groups in total. The highest BCUT2D eigenvalue weighted by Gasteiger charge is 2.32. The molecular formula is C14H19ClN4O3. The van der Waals surface area contributed by atoms with Gasteiger partial charge in [0, 0.05) is 11.8 Å². The highest BCUT2D eigenvalue weighted by atomic mass is 35.5. The van der Waals surface area contributed by atoms with Crippen LogP contribution in [0.3, 0.4) is 0 Å². The lowest BCUT2D eigenvalue weighted by molar-refractivity contribution is -0.122. The fourth-order valence-corrected chi connectivity index (χ4v) is 1.95. The van der Waals surface area contributed by atoms with E-state index >= 15 is 0 Å². The predicted molar refractivity (Wildman–Crippen MR) is 85.1 cm³/mol. The number of nitrogens with two attached hydrogens (primary N) is 1. The summed E-state index contributed by atoms with van der Waals surface area (Å²) < 4.78 is 0. The predicted octanol–water partition coefficient (Wildman–Crippen LogP) is 1.35. The number of nitrogens with one attached hydrogen (secondary N) is 1. The number of carbonyl (C=O) groups is 2. The van der Waals surface area contributed by atoms with Crippen LogP contribution in [0.1, 0.15) is 36.2 Å². The Kier molecular flexibility index (Phi) is 6.30. The Bertz CT molecular complexity index is 591. The summed E-state index contributed by atoms with van der Waals surface area (Å²) in [7, 11) is 1.39. The monoisotopic (exact) mass is 326 g/mol. The summed E-state index contributed by atoms with van der Waals surface area (Å²) in [6, 6.07) is 1.52. The Labute approximate surface area is 133 Å². The van der Waals surface area contributed by atoms with E-state index in [0.29, 0.717) is 12.0 Å². The number of carbonyl (C=O) groups excluding carboxylic acids is 2. The van der Waals surface area contributed by atoms with Crippen molar-refractivity contribution in [3.63, 3.8) is 0 Å². The van der Waals surface area contributed by atoms with E-state index in [9.17, 15) is 9.59 Å². The molecule has 0 aromatic carbocycles. The van der Waals surface area contributed by atoms with E-state index in [1.165, 1.54) is 25.6 Å². The van der Waals surface area contributed by atoms with Gasteiger partial charge in [-0.3, -0.25) is 9.59 Å². The molecule has 0 spiro atoms. The number of oxime groups is 1. The number of hydrogen-bond donors (Lipinski definition) is 2. The molecule has 22 heavy (non-hydrogen) atoms. The zero-order valence-electron chi connectivity index (χ0n) is 12.7. The number of hydrogen-bond acceptors (Lipinski definition) is 6. The second kappa shape index (κ2) is 7.74. The Morgan fingerprint density at radius 3 is 2.82 bits per heavy atom. The molecule has 1 rings (SSSR count). The van der Waals surface area contributed by atoms with Gasteiger partial charge in [-0.05, 0) is 19.4 Å². The number of alkyl halides is 1. The molecule has 0 saturated heterocycles. The lowest BCUT2D eigenvalue weighted by atomic mass is 9.93. The molecule has 120 valence electrons. The van der Waals surface area contributed by atoms with Crippen molar-refractivity contribution in [3.8, 4) is 0 Å². The topological polar surface area (TPSA) is 107 Å². The first-order valence-corrected chi connectivity index (χ1v) is 7.15. The minimum Gasteiger partial charge on any atom is -0.399 e. The Morgan fingerprint density at radius 2 is 2.27 bits per heavy atom. The standard InChI is InChI=1S/C14H19ClN4O3/c1-4-14(2,11(20)6-15)19-13(21)10-5-9(8-18-22-3)12(16)17-7-10/h5,7-8H,4,6H2,1-3H3,(H2,16,17)(H,19,21)/b18-8+. The van der Waals surface area contributed by atoms with Gasteiger partial charge in [-0.2, -0.15) is 0 Å². The van der Waals surface area contributed by atoms with Crippen molar-refractivity contribution in [2.75, 3.05) is 18.7 Å². The van der Waals surface area contributed by atoms with Crippen LogP contribution in [0.2, 0.25) is 0 Å². The smallest absolute Gasteiger partial charge is 0.253 e. The molecule has 1 unspecified atom stereocenters. The third-order valence-electron chi connectivity index (χ3n) is 3.34. The number of ketones is 1. The number of anilines is 1. The highest BCUT2D eigenvalue weighted by molar-refractivity contribution is 6.29. The largest absolute Gasteiger partial charge is 0.399 e. The minimum atomic E-state index is -1.03.